The number of hydrogen-bond donors (Lipinski definition) is 1. The Hall–Kier alpha value is -0.800. The number of fused-ring (bicyclic) bond motifs is 1. The van der Waals surface area contributed by atoms with Crippen molar-refractivity contribution in [3.63, 3.8) is 0 Å². The minimum atomic E-state index is 0.503. The first kappa shape index (κ1) is 9.43. The molecule has 0 bridgehead atoms. The Bertz CT molecular complexity index is 354. The van der Waals surface area contributed by atoms with Crippen molar-refractivity contribution in [1.82, 2.24) is 10.3 Å². The largest absolute Gasteiger partial charge is 0.490 e. The third kappa shape index (κ3) is 1.70. The van der Waals surface area contributed by atoms with E-state index in [9.17, 15) is 0 Å². The maximum absolute atomic E-state index is 5.69. The van der Waals surface area contributed by atoms with E-state index in [4.69, 9.17) is 16.3 Å². The van der Waals surface area contributed by atoms with Crippen LogP contribution in [0.5, 0.6) is 5.75 Å². The molecule has 1 aliphatic carbocycles. The van der Waals surface area contributed by atoms with E-state index in [1.807, 2.05) is 6.07 Å². The third-order valence-electron chi connectivity index (χ3n) is 3.40. The minimum Gasteiger partial charge on any atom is -0.490 e. The van der Waals surface area contributed by atoms with Gasteiger partial charge in [0.1, 0.15) is 17.5 Å². The van der Waals surface area contributed by atoms with Crippen LogP contribution < -0.4 is 10.1 Å². The molecule has 3 rings (SSSR count). The van der Waals surface area contributed by atoms with Crippen molar-refractivity contribution in [3.05, 3.63) is 23.5 Å². The maximum Gasteiger partial charge on any atom is 0.137 e. The van der Waals surface area contributed by atoms with Crippen molar-refractivity contribution in [1.29, 1.82) is 0 Å². The molecule has 1 saturated heterocycles. The van der Waals surface area contributed by atoms with Gasteiger partial charge in [0.2, 0.25) is 0 Å². The monoisotopic (exact) mass is 224 g/mol. The fraction of sp³-hybridized carbons (Fsp3) is 0.545. The Morgan fingerprint density at radius 3 is 2.93 bits per heavy atom. The summed E-state index contributed by atoms with van der Waals surface area (Å²) in [6.45, 7) is 0.741. The van der Waals surface area contributed by atoms with E-state index in [0.29, 0.717) is 11.2 Å². The average molecular weight is 225 g/mol. The molecule has 1 aliphatic heterocycles. The number of pyridine rings is 1. The normalized spacial score (nSPS) is 32.5. The zero-order valence-corrected chi connectivity index (χ0v) is 9.07. The van der Waals surface area contributed by atoms with Gasteiger partial charge in [-0.05, 0) is 30.9 Å². The molecule has 3 nitrogen and oxygen atoms in total. The average Bonchev–Trinajstić information content (AvgIpc) is 2.22. The van der Waals surface area contributed by atoms with Crippen molar-refractivity contribution in [2.24, 2.45) is 5.92 Å². The summed E-state index contributed by atoms with van der Waals surface area (Å²) < 4.78 is 5.63. The SMILES string of the molecule is Clc1ccc(OCC2NC3CCC32)cn1. The van der Waals surface area contributed by atoms with E-state index >= 15 is 0 Å². The zero-order valence-electron chi connectivity index (χ0n) is 8.32. The molecule has 0 spiro atoms. The maximum atomic E-state index is 5.69. The second-order valence-corrected chi connectivity index (χ2v) is 4.64. The van der Waals surface area contributed by atoms with Gasteiger partial charge < -0.3 is 10.1 Å². The quantitative estimate of drug-likeness (QED) is 0.796. The molecule has 2 fully saturated rings. The molecule has 15 heavy (non-hydrogen) atoms. The predicted octanol–water partition coefficient (Wildman–Crippen LogP) is 1.86. The van der Waals surface area contributed by atoms with Crippen molar-refractivity contribution in [2.75, 3.05) is 6.61 Å². The molecule has 3 atom stereocenters. The standard InChI is InChI=1S/C11H13ClN2O/c12-11-4-1-7(5-13-11)15-6-10-8-2-3-9(8)14-10/h1,4-5,8-10,14H,2-3,6H2. The van der Waals surface area contributed by atoms with Crippen LogP contribution in [-0.4, -0.2) is 23.7 Å². The number of halogens is 1. The van der Waals surface area contributed by atoms with Crippen molar-refractivity contribution >= 4 is 11.6 Å². The van der Waals surface area contributed by atoms with E-state index in [2.05, 4.69) is 10.3 Å². The number of nitrogens with zero attached hydrogens (tertiary/aromatic N) is 1. The van der Waals surface area contributed by atoms with Crippen LogP contribution >= 0.6 is 11.6 Å². The van der Waals surface area contributed by atoms with Gasteiger partial charge in [0.05, 0.1) is 6.20 Å². The first-order chi connectivity index (χ1) is 7.33. The Labute approximate surface area is 93.8 Å². The number of hydrogen-bond acceptors (Lipinski definition) is 3. The molecule has 1 aromatic heterocycles. The van der Waals surface area contributed by atoms with E-state index in [0.717, 1.165) is 24.3 Å². The van der Waals surface area contributed by atoms with Crippen LogP contribution in [0.2, 0.25) is 5.15 Å². The summed E-state index contributed by atoms with van der Waals surface area (Å²) in [5, 5.41) is 3.99. The van der Waals surface area contributed by atoms with Gasteiger partial charge in [0.15, 0.2) is 0 Å². The smallest absolute Gasteiger partial charge is 0.137 e. The van der Waals surface area contributed by atoms with Gasteiger partial charge in [-0.2, -0.15) is 0 Å². The van der Waals surface area contributed by atoms with Crippen molar-refractivity contribution in [2.45, 2.75) is 24.9 Å². The van der Waals surface area contributed by atoms with E-state index in [1.54, 1.807) is 12.3 Å². The van der Waals surface area contributed by atoms with Crippen LogP contribution in [0.4, 0.5) is 0 Å². The first-order valence-corrected chi connectivity index (χ1v) is 5.71. The van der Waals surface area contributed by atoms with Gasteiger partial charge >= 0.3 is 0 Å². The highest BCUT2D eigenvalue weighted by molar-refractivity contribution is 6.29. The lowest BCUT2D eigenvalue weighted by Gasteiger charge is -2.53. The van der Waals surface area contributed by atoms with E-state index in [-0.39, 0.29) is 0 Å². The highest BCUT2D eigenvalue weighted by atomic mass is 35.5. The second-order valence-electron chi connectivity index (χ2n) is 4.25. The molecule has 3 unspecified atom stereocenters. The fourth-order valence-electron chi connectivity index (χ4n) is 2.30. The fourth-order valence-corrected chi connectivity index (χ4v) is 2.41. The van der Waals surface area contributed by atoms with Gasteiger partial charge in [-0.15, -0.1) is 0 Å². The van der Waals surface area contributed by atoms with Gasteiger partial charge in [-0.25, -0.2) is 4.98 Å². The lowest BCUT2D eigenvalue weighted by Crippen LogP contribution is -2.68. The summed E-state index contributed by atoms with van der Waals surface area (Å²) in [4.78, 5) is 3.97. The minimum absolute atomic E-state index is 0.503. The Morgan fingerprint density at radius 1 is 1.47 bits per heavy atom. The molecule has 2 heterocycles. The molecular weight excluding hydrogens is 212 g/mol. The molecule has 1 N–H and O–H groups in total. The van der Waals surface area contributed by atoms with Crippen LogP contribution in [0.25, 0.3) is 0 Å². The third-order valence-corrected chi connectivity index (χ3v) is 3.63. The van der Waals surface area contributed by atoms with Gasteiger partial charge in [0.25, 0.3) is 0 Å². The lowest BCUT2D eigenvalue weighted by molar-refractivity contribution is 0.0148. The summed E-state index contributed by atoms with van der Waals surface area (Å²) in [5.41, 5.74) is 0. The molecule has 0 aromatic carbocycles. The topological polar surface area (TPSA) is 34.1 Å². The molecule has 1 aromatic rings. The van der Waals surface area contributed by atoms with Gasteiger partial charge in [-0.1, -0.05) is 11.6 Å². The summed E-state index contributed by atoms with van der Waals surface area (Å²) in [6, 6.07) is 4.92. The predicted molar refractivity (Wildman–Crippen MR) is 58.2 cm³/mol. The number of ether oxygens (including phenoxy) is 1. The molecule has 80 valence electrons. The summed E-state index contributed by atoms with van der Waals surface area (Å²) in [7, 11) is 0. The van der Waals surface area contributed by atoms with Crippen molar-refractivity contribution < 1.29 is 4.74 Å². The summed E-state index contributed by atoms with van der Waals surface area (Å²) in [5.74, 6) is 1.65. The van der Waals surface area contributed by atoms with E-state index in [1.165, 1.54) is 12.8 Å². The van der Waals surface area contributed by atoms with Crippen LogP contribution in [0.1, 0.15) is 12.8 Å². The lowest BCUT2D eigenvalue weighted by atomic mass is 9.68. The number of piperidine rings is 1. The highest BCUT2D eigenvalue weighted by Gasteiger charge is 2.46. The number of nitrogens with one attached hydrogen (secondary N) is 1. The Morgan fingerprint density at radius 2 is 2.40 bits per heavy atom. The second kappa shape index (κ2) is 3.65. The van der Waals surface area contributed by atoms with E-state index < -0.39 is 0 Å². The summed E-state index contributed by atoms with van der Waals surface area (Å²) in [6.07, 6.45) is 4.35. The van der Waals surface area contributed by atoms with Crippen LogP contribution in [0.15, 0.2) is 18.3 Å². The molecule has 4 heteroatoms. The molecule has 0 amide bonds. The molecule has 1 saturated carbocycles. The van der Waals surface area contributed by atoms with Crippen LogP contribution in [-0.2, 0) is 0 Å². The highest BCUT2D eigenvalue weighted by Crippen LogP contribution is 2.38. The molecular formula is C11H13ClN2O. The molecule has 0 radical (unpaired) electrons. The Kier molecular flexibility index (Phi) is 2.29. The van der Waals surface area contributed by atoms with Gasteiger partial charge in [-0.3, -0.25) is 0 Å². The number of rotatable bonds is 3. The zero-order chi connectivity index (χ0) is 10.3. The molecule has 2 aliphatic rings. The number of aromatic nitrogens is 1. The van der Waals surface area contributed by atoms with Crippen LogP contribution in [0, 0.1) is 5.92 Å². The van der Waals surface area contributed by atoms with Crippen molar-refractivity contribution in [3.8, 4) is 5.75 Å². The Balaban J connectivity index is 1.51. The first-order valence-electron chi connectivity index (χ1n) is 5.33. The van der Waals surface area contributed by atoms with Crippen LogP contribution in [0.3, 0.4) is 0 Å². The summed E-state index contributed by atoms with van der Waals surface area (Å²) >= 11 is 5.69. The van der Waals surface area contributed by atoms with Gasteiger partial charge in [0, 0.05) is 12.1 Å².